The maximum Gasteiger partial charge on any atom is 0.257 e. The second-order valence-corrected chi connectivity index (χ2v) is 7.79. The summed E-state index contributed by atoms with van der Waals surface area (Å²) < 4.78 is 5.40. The van der Waals surface area contributed by atoms with Crippen LogP contribution in [0.2, 0.25) is 0 Å². The molecule has 1 heterocycles. The molecule has 3 N–H and O–H groups in total. The lowest BCUT2D eigenvalue weighted by molar-refractivity contribution is -0.122. The number of carbonyl (C=O) groups excluding carboxylic acids is 1. The van der Waals surface area contributed by atoms with Crippen LogP contribution in [0.25, 0.3) is 0 Å². The van der Waals surface area contributed by atoms with Crippen molar-refractivity contribution in [3.05, 3.63) is 45.9 Å². The molecule has 0 spiro atoms. The van der Waals surface area contributed by atoms with Crippen molar-refractivity contribution in [1.29, 1.82) is 0 Å². The summed E-state index contributed by atoms with van der Waals surface area (Å²) in [5.74, 6) is 0.894. The molecule has 0 aliphatic carbocycles. The number of nitrogens with zero attached hydrogens (tertiary/aromatic N) is 1. The van der Waals surface area contributed by atoms with Crippen molar-refractivity contribution in [3.63, 3.8) is 0 Å². The van der Waals surface area contributed by atoms with Crippen LogP contribution in [-0.2, 0) is 11.2 Å². The molecule has 2 unspecified atom stereocenters. The fourth-order valence-corrected chi connectivity index (χ4v) is 3.39. The number of carbonyl (C=O) groups is 1. The van der Waals surface area contributed by atoms with Gasteiger partial charge in [-0.2, -0.15) is 0 Å². The number of ether oxygens (including phenoxy) is 1. The zero-order valence-electron chi connectivity index (χ0n) is 16.4. The Morgan fingerprint density at radius 1 is 1.26 bits per heavy atom. The number of amides is 1. The number of rotatable bonds is 10. The minimum absolute atomic E-state index is 0.0147. The van der Waals surface area contributed by atoms with E-state index in [1.54, 1.807) is 18.4 Å². The van der Waals surface area contributed by atoms with Gasteiger partial charge >= 0.3 is 0 Å². The van der Waals surface area contributed by atoms with Gasteiger partial charge in [0, 0.05) is 30.9 Å². The van der Waals surface area contributed by atoms with E-state index in [0.29, 0.717) is 18.2 Å². The monoisotopic (exact) mass is 391 g/mol. The molecule has 2 aromatic rings. The zero-order chi connectivity index (χ0) is 19.8. The lowest BCUT2D eigenvalue weighted by Gasteiger charge is -2.16. The van der Waals surface area contributed by atoms with Crippen molar-refractivity contribution < 1.29 is 14.6 Å². The van der Waals surface area contributed by atoms with Gasteiger partial charge in [0.15, 0.2) is 6.61 Å². The number of aliphatic hydroxyl groups is 1. The smallest absolute Gasteiger partial charge is 0.257 e. The van der Waals surface area contributed by atoms with Gasteiger partial charge in [0.05, 0.1) is 10.7 Å². The highest BCUT2D eigenvalue weighted by Gasteiger charge is 2.14. The van der Waals surface area contributed by atoms with Crippen LogP contribution in [-0.4, -0.2) is 42.2 Å². The van der Waals surface area contributed by atoms with Crippen LogP contribution < -0.4 is 15.4 Å². The summed E-state index contributed by atoms with van der Waals surface area (Å²) >= 11 is 1.60. The minimum atomic E-state index is -0.600. The van der Waals surface area contributed by atoms with Gasteiger partial charge in [0.1, 0.15) is 11.9 Å². The summed E-state index contributed by atoms with van der Waals surface area (Å²) in [6.07, 6.45) is 0.230. The first-order valence-electron chi connectivity index (χ1n) is 9.18. The van der Waals surface area contributed by atoms with Gasteiger partial charge in [-0.05, 0) is 31.0 Å². The van der Waals surface area contributed by atoms with E-state index < -0.39 is 6.10 Å². The quantitative estimate of drug-likeness (QED) is 0.580. The van der Waals surface area contributed by atoms with Crippen LogP contribution in [0.15, 0.2) is 29.6 Å². The molecule has 1 amide bonds. The third-order valence-corrected chi connectivity index (χ3v) is 5.31. The molecule has 1 aromatic carbocycles. The van der Waals surface area contributed by atoms with Gasteiger partial charge in [-0.15, -0.1) is 11.3 Å². The van der Waals surface area contributed by atoms with Crippen molar-refractivity contribution in [1.82, 2.24) is 15.6 Å². The number of hydrogen-bond acceptors (Lipinski definition) is 6. The van der Waals surface area contributed by atoms with Crippen molar-refractivity contribution in [2.75, 3.05) is 20.2 Å². The van der Waals surface area contributed by atoms with E-state index in [1.807, 2.05) is 29.6 Å². The fraction of sp³-hybridized carbons (Fsp3) is 0.500. The zero-order valence-corrected chi connectivity index (χ0v) is 17.2. The molecule has 2 rings (SSSR count). The van der Waals surface area contributed by atoms with Gasteiger partial charge < -0.3 is 20.5 Å². The van der Waals surface area contributed by atoms with Crippen LogP contribution in [0.4, 0.5) is 0 Å². The highest BCUT2D eigenvalue weighted by Crippen LogP contribution is 2.22. The largest absolute Gasteiger partial charge is 0.484 e. The molecule has 0 saturated carbocycles. The van der Waals surface area contributed by atoms with E-state index in [1.165, 1.54) is 0 Å². The van der Waals surface area contributed by atoms with E-state index in [0.717, 1.165) is 22.7 Å². The maximum atomic E-state index is 11.2. The van der Waals surface area contributed by atoms with Crippen molar-refractivity contribution >= 4 is 17.2 Å². The lowest BCUT2D eigenvalue weighted by atomic mass is 10.1. The third-order valence-electron chi connectivity index (χ3n) is 4.15. The Balaban J connectivity index is 1.77. The maximum absolute atomic E-state index is 11.2. The highest BCUT2D eigenvalue weighted by molar-refractivity contribution is 7.09. The molecule has 1 aromatic heterocycles. The molecule has 0 radical (unpaired) electrons. The molecule has 0 aliphatic heterocycles. The Bertz CT molecular complexity index is 716. The molecule has 0 saturated heterocycles. The summed E-state index contributed by atoms with van der Waals surface area (Å²) in [5, 5.41) is 19.2. The second kappa shape index (κ2) is 10.4. The van der Waals surface area contributed by atoms with Crippen LogP contribution in [0.3, 0.4) is 0 Å². The van der Waals surface area contributed by atoms with Gasteiger partial charge in [0.25, 0.3) is 5.91 Å². The van der Waals surface area contributed by atoms with E-state index in [4.69, 9.17) is 4.74 Å². The van der Waals surface area contributed by atoms with E-state index in [2.05, 4.69) is 36.4 Å². The summed E-state index contributed by atoms with van der Waals surface area (Å²) in [7, 11) is 1.58. The first-order chi connectivity index (χ1) is 12.9. The van der Waals surface area contributed by atoms with Gasteiger partial charge in [0.2, 0.25) is 0 Å². The van der Waals surface area contributed by atoms with Crippen molar-refractivity contribution in [2.24, 2.45) is 0 Å². The number of likely N-dealkylation sites (N-methyl/N-ethyl adjacent to an activating group) is 1. The number of thiazole rings is 1. The van der Waals surface area contributed by atoms with Crippen LogP contribution in [0, 0.1) is 0 Å². The molecule has 7 heteroatoms. The Labute approximate surface area is 165 Å². The molecule has 0 fully saturated rings. The number of benzene rings is 1. The van der Waals surface area contributed by atoms with Crippen molar-refractivity contribution in [3.8, 4) is 5.75 Å². The Hall–Kier alpha value is -1.96. The van der Waals surface area contributed by atoms with Crippen LogP contribution in [0.1, 0.15) is 49.1 Å². The normalized spacial score (nSPS) is 13.4. The van der Waals surface area contributed by atoms with Crippen LogP contribution >= 0.6 is 11.3 Å². The van der Waals surface area contributed by atoms with Crippen LogP contribution in [0.5, 0.6) is 5.75 Å². The number of aliphatic hydroxyl groups excluding tert-OH is 1. The molecular formula is C20H29N3O3S. The molecule has 148 valence electrons. The van der Waals surface area contributed by atoms with Crippen molar-refractivity contribution in [2.45, 2.75) is 45.3 Å². The second-order valence-electron chi connectivity index (χ2n) is 6.90. The molecule has 27 heavy (non-hydrogen) atoms. The highest BCUT2D eigenvalue weighted by atomic mass is 32.1. The Kier molecular flexibility index (Phi) is 8.22. The summed E-state index contributed by atoms with van der Waals surface area (Å²) in [4.78, 5) is 15.7. The van der Waals surface area contributed by atoms with Gasteiger partial charge in [-0.3, -0.25) is 4.79 Å². The Morgan fingerprint density at radius 2 is 1.96 bits per heavy atom. The third kappa shape index (κ3) is 6.93. The summed E-state index contributed by atoms with van der Waals surface area (Å²) in [6, 6.07) is 7.91. The average molecular weight is 392 g/mol. The fourth-order valence-electron chi connectivity index (χ4n) is 2.50. The van der Waals surface area contributed by atoms with Gasteiger partial charge in [-0.1, -0.05) is 26.0 Å². The number of aromatic nitrogens is 1. The first kappa shape index (κ1) is 21.3. The molecule has 0 bridgehead atoms. The topological polar surface area (TPSA) is 83.5 Å². The van der Waals surface area contributed by atoms with Gasteiger partial charge in [-0.25, -0.2) is 4.98 Å². The van der Waals surface area contributed by atoms with E-state index >= 15 is 0 Å². The first-order valence-corrected chi connectivity index (χ1v) is 10.1. The predicted molar refractivity (Wildman–Crippen MR) is 108 cm³/mol. The Morgan fingerprint density at radius 3 is 2.56 bits per heavy atom. The average Bonchev–Trinajstić information content (AvgIpc) is 3.16. The molecular weight excluding hydrogens is 362 g/mol. The minimum Gasteiger partial charge on any atom is -0.484 e. The summed E-state index contributed by atoms with van der Waals surface area (Å²) in [6.45, 7) is 6.77. The van der Waals surface area contributed by atoms with E-state index in [-0.39, 0.29) is 18.6 Å². The summed E-state index contributed by atoms with van der Waals surface area (Å²) in [5.41, 5.74) is 1.90. The lowest BCUT2D eigenvalue weighted by Crippen LogP contribution is -2.32. The SMILES string of the molecule is CNC(=O)COc1ccc(CC(C)NCC(O)c2csc(C(C)C)n2)cc1. The number of nitrogens with one attached hydrogen (secondary N) is 2. The molecule has 6 nitrogen and oxygen atoms in total. The standard InChI is InChI=1S/C20H29N3O3S/c1-13(2)20-23-17(12-27-20)18(24)10-22-14(3)9-15-5-7-16(8-6-15)26-11-19(25)21-4/h5-8,12-14,18,22,24H,9-11H2,1-4H3,(H,21,25). The number of hydrogen-bond donors (Lipinski definition) is 3. The predicted octanol–water partition coefficient (Wildman–Crippen LogP) is 2.65. The van der Waals surface area contributed by atoms with E-state index in [9.17, 15) is 9.90 Å². The molecule has 0 aliphatic rings. The molecule has 2 atom stereocenters.